The van der Waals surface area contributed by atoms with Gasteiger partial charge in [-0.3, -0.25) is 0 Å². The summed E-state index contributed by atoms with van der Waals surface area (Å²) in [7, 11) is 0. The van der Waals surface area contributed by atoms with E-state index in [1.807, 2.05) is 0 Å². The summed E-state index contributed by atoms with van der Waals surface area (Å²) in [6, 6.07) is 0. The van der Waals surface area contributed by atoms with Crippen LogP contribution in [-0.4, -0.2) is 30.0 Å². The molecule has 17 heavy (non-hydrogen) atoms. The number of aliphatic hydroxyl groups is 2. The van der Waals surface area contributed by atoms with E-state index in [2.05, 4.69) is 6.92 Å². The quantitative estimate of drug-likeness (QED) is 0.492. The molecule has 0 amide bonds. The number of nitrogens with two attached hydrogens (primary N) is 1. The summed E-state index contributed by atoms with van der Waals surface area (Å²) in [5.74, 6) is 0. The molecular weight excluding hydrogens is 214 g/mol. The summed E-state index contributed by atoms with van der Waals surface area (Å²) in [6.07, 6.45) is 13.9. The molecule has 0 aromatic rings. The third-order valence-electron chi connectivity index (χ3n) is 2.66. The van der Waals surface area contributed by atoms with Crippen LogP contribution in [0.5, 0.6) is 0 Å². The molecule has 0 aromatic heterocycles. The van der Waals surface area contributed by atoms with Crippen molar-refractivity contribution in [3.05, 3.63) is 0 Å². The molecule has 106 valence electrons. The lowest BCUT2D eigenvalue weighted by Crippen LogP contribution is -1.97. The molecule has 0 rings (SSSR count). The Labute approximate surface area is 107 Å². The zero-order valence-corrected chi connectivity index (χ0v) is 11.7. The smallest absolute Gasteiger partial charge is 0.0662 e. The Morgan fingerprint density at radius 2 is 1.00 bits per heavy atom. The summed E-state index contributed by atoms with van der Waals surface area (Å²) >= 11 is 0. The van der Waals surface area contributed by atoms with E-state index in [1.165, 1.54) is 64.2 Å². The minimum atomic E-state index is -0.125. The Bertz CT molecular complexity index is 98.4. The highest BCUT2D eigenvalue weighted by atomic mass is 16.3. The second kappa shape index (κ2) is 21.2. The summed E-state index contributed by atoms with van der Waals surface area (Å²) in [5.41, 5.74) is 5.42. The first-order valence-electron chi connectivity index (χ1n) is 7.25. The SMILES string of the molecule is CCCCCCCCCCCCN.OCCO. The van der Waals surface area contributed by atoms with Gasteiger partial charge in [-0.05, 0) is 13.0 Å². The van der Waals surface area contributed by atoms with Crippen molar-refractivity contribution in [1.82, 2.24) is 0 Å². The molecule has 4 N–H and O–H groups in total. The monoisotopic (exact) mass is 247 g/mol. The molecule has 0 aliphatic rings. The van der Waals surface area contributed by atoms with Crippen LogP contribution in [0.15, 0.2) is 0 Å². The lowest BCUT2D eigenvalue weighted by atomic mass is 10.1. The second-order valence-electron chi connectivity index (χ2n) is 4.42. The third kappa shape index (κ3) is 25.8. The van der Waals surface area contributed by atoms with Gasteiger partial charge in [0.25, 0.3) is 0 Å². The van der Waals surface area contributed by atoms with Gasteiger partial charge in [0, 0.05) is 0 Å². The summed E-state index contributed by atoms with van der Waals surface area (Å²) in [6.45, 7) is 2.89. The van der Waals surface area contributed by atoms with Crippen LogP contribution in [0.3, 0.4) is 0 Å². The fraction of sp³-hybridized carbons (Fsp3) is 1.00. The molecule has 0 unspecified atom stereocenters. The van der Waals surface area contributed by atoms with Crippen molar-refractivity contribution in [3.63, 3.8) is 0 Å². The van der Waals surface area contributed by atoms with Gasteiger partial charge in [-0.15, -0.1) is 0 Å². The third-order valence-corrected chi connectivity index (χ3v) is 2.66. The normalized spacial score (nSPS) is 9.88. The number of unbranched alkanes of at least 4 members (excludes halogenated alkanes) is 9. The topological polar surface area (TPSA) is 66.5 Å². The van der Waals surface area contributed by atoms with Crippen molar-refractivity contribution in [3.8, 4) is 0 Å². The molecule has 0 radical (unpaired) electrons. The number of aliphatic hydroxyl groups excluding tert-OH is 2. The fourth-order valence-corrected chi connectivity index (χ4v) is 1.63. The van der Waals surface area contributed by atoms with Crippen molar-refractivity contribution < 1.29 is 10.2 Å². The van der Waals surface area contributed by atoms with Crippen molar-refractivity contribution in [2.24, 2.45) is 5.73 Å². The van der Waals surface area contributed by atoms with Crippen molar-refractivity contribution >= 4 is 0 Å². The minimum absolute atomic E-state index is 0.125. The maximum absolute atomic E-state index is 7.62. The van der Waals surface area contributed by atoms with Gasteiger partial charge in [0.1, 0.15) is 0 Å². The Kier molecular flexibility index (Phi) is 24.0. The predicted octanol–water partition coefficient (Wildman–Crippen LogP) is 2.84. The highest BCUT2D eigenvalue weighted by molar-refractivity contribution is 4.47. The van der Waals surface area contributed by atoms with Crippen LogP contribution in [0.2, 0.25) is 0 Å². The minimum Gasteiger partial charge on any atom is -0.394 e. The van der Waals surface area contributed by atoms with E-state index in [9.17, 15) is 0 Å². The molecule has 0 fully saturated rings. The maximum atomic E-state index is 7.62. The van der Waals surface area contributed by atoms with Crippen LogP contribution < -0.4 is 5.73 Å². The first-order chi connectivity index (χ1) is 8.33. The number of rotatable bonds is 11. The summed E-state index contributed by atoms with van der Waals surface area (Å²) < 4.78 is 0. The first-order valence-corrected chi connectivity index (χ1v) is 7.25. The average molecular weight is 247 g/mol. The molecule has 0 aromatic carbocycles. The lowest BCUT2D eigenvalue weighted by Gasteiger charge is -2.00. The largest absolute Gasteiger partial charge is 0.394 e. The van der Waals surface area contributed by atoms with E-state index in [0.29, 0.717) is 0 Å². The molecule has 3 heteroatoms. The average Bonchev–Trinajstić information content (AvgIpc) is 2.37. The number of hydrogen-bond acceptors (Lipinski definition) is 3. The van der Waals surface area contributed by atoms with Gasteiger partial charge in [0.15, 0.2) is 0 Å². The molecule has 3 nitrogen and oxygen atoms in total. The van der Waals surface area contributed by atoms with Crippen LogP contribution in [0, 0.1) is 0 Å². The van der Waals surface area contributed by atoms with Gasteiger partial charge in [-0.1, -0.05) is 64.7 Å². The van der Waals surface area contributed by atoms with Crippen molar-refractivity contribution in [2.75, 3.05) is 19.8 Å². The molecule has 0 saturated heterocycles. The molecule has 0 saturated carbocycles. The van der Waals surface area contributed by atoms with Gasteiger partial charge in [-0.2, -0.15) is 0 Å². The van der Waals surface area contributed by atoms with Gasteiger partial charge >= 0.3 is 0 Å². The van der Waals surface area contributed by atoms with Gasteiger partial charge in [0.05, 0.1) is 13.2 Å². The zero-order chi connectivity index (χ0) is 13.2. The zero-order valence-electron chi connectivity index (χ0n) is 11.7. The molecule has 0 bridgehead atoms. The van der Waals surface area contributed by atoms with Crippen LogP contribution in [0.4, 0.5) is 0 Å². The van der Waals surface area contributed by atoms with Gasteiger partial charge in [0.2, 0.25) is 0 Å². The molecule has 0 aliphatic heterocycles. The highest BCUT2D eigenvalue weighted by Gasteiger charge is 1.91. The van der Waals surface area contributed by atoms with Crippen LogP contribution in [0.25, 0.3) is 0 Å². The Hall–Kier alpha value is -0.120. The Morgan fingerprint density at radius 1 is 0.647 bits per heavy atom. The van der Waals surface area contributed by atoms with Gasteiger partial charge < -0.3 is 15.9 Å². The van der Waals surface area contributed by atoms with Crippen molar-refractivity contribution in [2.45, 2.75) is 71.1 Å². The van der Waals surface area contributed by atoms with Crippen LogP contribution >= 0.6 is 0 Å². The van der Waals surface area contributed by atoms with Crippen molar-refractivity contribution in [1.29, 1.82) is 0 Å². The lowest BCUT2D eigenvalue weighted by molar-refractivity contribution is 0.186. The molecule has 0 heterocycles. The van der Waals surface area contributed by atoms with Gasteiger partial charge in [-0.25, -0.2) is 0 Å². The molecular formula is C14H33NO2. The van der Waals surface area contributed by atoms with E-state index in [0.717, 1.165) is 6.54 Å². The van der Waals surface area contributed by atoms with E-state index in [1.54, 1.807) is 0 Å². The predicted molar refractivity (Wildman–Crippen MR) is 75.1 cm³/mol. The highest BCUT2D eigenvalue weighted by Crippen LogP contribution is 2.09. The summed E-state index contributed by atoms with van der Waals surface area (Å²) in [4.78, 5) is 0. The number of hydrogen-bond donors (Lipinski definition) is 3. The van der Waals surface area contributed by atoms with E-state index in [-0.39, 0.29) is 13.2 Å². The molecule has 0 spiro atoms. The second-order valence-corrected chi connectivity index (χ2v) is 4.42. The van der Waals surface area contributed by atoms with E-state index >= 15 is 0 Å². The van der Waals surface area contributed by atoms with E-state index < -0.39 is 0 Å². The maximum Gasteiger partial charge on any atom is 0.0662 e. The Morgan fingerprint density at radius 3 is 1.29 bits per heavy atom. The molecule has 0 atom stereocenters. The van der Waals surface area contributed by atoms with Crippen LogP contribution in [0.1, 0.15) is 71.1 Å². The van der Waals surface area contributed by atoms with E-state index in [4.69, 9.17) is 15.9 Å². The molecule has 0 aliphatic carbocycles. The standard InChI is InChI=1S/C12H27N.C2H6O2/c1-2-3-4-5-6-7-8-9-10-11-12-13;3-1-2-4/h2-13H2,1H3;3-4H,1-2H2. The first kappa shape index (κ1) is 19.2. The van der Waals surface area contributed by atoms with Crippen LogP contribution in [-0.2, 0) is 0 Å². The fourth-order valence-electron chi connectivity index (χ4n) is 1.63. The summed E-state index contributed by atoms with van der Waals surface area (Å²) in [5, 5.41) is 15.2. The Balaban J connectivity index is 0.